The summed E-state index contributed by atoms with van der Waals surface area (Å²) in [6, 6.07) is 2.45. The average molecular weight is 284 g/mol. The second kappa shape index (κ2) is 6.17. The molecule has 0 radical (unpaired) electrons. The number of hydrogen-bond acceptors (Lipinski definition) is 3. The Morgan fingerprint density at radius 2 is 1.95 bits per heavy atom. The zero-order chi connectivity index (χ0) is 14.7. The van der Waals surface area contributed by atoms with E-state index in [2.05, 4.69) is 0 Å². The maximum absolute atomic E-state index is 14.0. The quantitative estimate of drug-likeness (QED) is 0.889. The maximum Gasteiger partial charge on any atom is 0.338 e. The number of carboxylic acids is 1. The van der Waals surface area contributed by atoms with E-state index in [-0.39, 0.29) is 5.69 Å². The molecule has 0 bridgehead atoms. The molecule has 1 aliphatic heterocycles. The second-order valence-corrected chi connectivity index (χ2v) is 5.07. The highest BCUT2D eigenvalue weighted by atomic mass is 19.2. The molecule has 20 heavy (non-hydrogen) atoms. The molecular weight excluding hydrogens is 266 g/mol. The zero-order valence-electron chi connectivity index (χ0n) is 11.1. The number of benzene rings is 1. The molecule has 0 spiro atoms. The van der Waals surface area contributed by atoms with Gasteiger partial charge in [-0.3, -0.25) is 0 Å². The van der Waals surface area contributed by atoms with Crippen LogP contribution < -0.4 is 10.6 Å². The van der Waals surface area contributed by atoms with Crippen molar-refractivity contribution >= 4 is 11.7 Å². The lowest BCUT2D eigenvalue weighted by Crippen LogP contribution is -2.35. The van der Waals surface area contributed by atoms with Crippen molar-refractivity contribution in [2.75, 3.05) is 24.5 Å². The minimum Gasteiger partial charge on any atom is -0.478 e. The molecule has 110 valence electrons. The summed E-state index contributed by atoms with van der Waals surface area (Å²) in [7, 11) is 0. The maximum atomic E-state index is 14.0. The number of carboxylic acid groups (broad SMARTS) is 1. The van der Waals surface area contributed by atoms with E-state index in [1.807, 2.05) is 0 Å². The van der Waals surface area contributed by atoms with Crippen LogP contribution in [-0.2, 0) is 0 Å². The standard InChI is InChI=1S/C14H18F2N2O2/c15-12-10(14(19)20)1-2-11(13(12)16)18-7-4-9(3-6-17)5-8-18/h1-2,9H,3-8,17H2,(H,19,20). The number of carbonyl (C=O) groups is 1. The van der Waals surface area contributed by atoms with Crippen molar-refractivity contribution in [3.05, 3.63) is 29.3 Å². The minimum atomic E-state index is -1.46. The van der Waals surface area contributed by atoms with E-state index >= 15 is 0 Å². The van der Waals surface area contributed by atoms with Gasteiger partial charge < -0.3 is 15.7 Å². The lowest BCUT2D eigenvalue weighted by molar-refractivity contribution is 0.0690. The number of anilines is 1. The van der Waals surface area contributed by atoms with E-state index in [0.717, 1.165) is 25.3 Å². The molecule has 3 N–H and O–H groups in total. The Balaban J connectivity index is 2.15. The van der Waals surface area contributed by atoms with Crippen molar-refractivity contribution in [3.8, 4) is 0 Å². The Hall–Kier alpha value is -1.69. The summed E-state index contributed by atoms with van der Waals surface area (Å²) >= 11 is 0. The summed E-state index contributed by atoms with van der Waals surface area (Å²) < 4.78 is 27.6. The molecule has 0 unspecified atom stereocenters. The Morgan fingerprint density at radius 3 is 2.50 bits per heavy atom. The summed E-state index contributed by atoms with van der Waals surface area (Å²) in [5.74, 6) is -3.31. The summed E-state index contributed by atoms with van der Waals surface area (Å²) in [4.78, 5) is 12.5. The SMILES string of the molecule is NCCC1CCN(c2ccc(C(=O)O)c(F)c2F)CC1. The molecule has 0 amide bonds. The summed E-state index contributed by atoms with van der Waals surface area (Å²) in [5.41, 5.74) is 5.02. The highest BCUT2D eigenvalue weighted by Gasteiger charge is 2.24. The van der Waals surface area contributed by atoms with Gasteiger partial charge >= 0.3 is 5.97 Å². The summed E-state index contributed by atoms with van der Waals surface area (Å²) in [6.07, 6.45) is 2.72. The lowest BCUT2D eigenvalue weighted by atomic mass is 9.93. The molecular formula is C14H18F2N2O2. The van der Waals surface area contributed by atoms with Gasteiger partial charge in [0, 0.05) is 13.1 Å². The van der Waals surface area contributed by atoms with Crippen LogP contribution in [0.2, 0.25) is 0 Å². The molecule has 0 aliphatic carbocycles. The van der Waals surface area contributed by atoms with E-state index in [0.29, 0.717) is 25.6 Å². The molecule has 0 atom stereocenters. The fourth-order valence-electron chi connectivity index (χ4n) is 2.65. The van der Waals surface area contributed by atoms with Crippen LogP contribution in [0, 0.1) is 17.6 Å². The largest absolute Gasteiger partial charge is 0.478 e. The van der Waals surface area contributed by atoms with Gasteiger partial charge in [-0.2, -0.15) is 0 Å². The Morgan fingerprint density at radius 1 is 1.30 bits per heavy atom. The van der Waals surface area contributed by atoms with Gasteiger partial charge in [0.25, 0.3) is 0 Å². The normalized spacial score (nSPS) is 16.4. The number of rotatable bonds is 4. The topological polar surface area (TPSA) is 66.6 Å². The summed E-state index contributed by atoms with van der Waals surface area (Å²) in [5, 5.41) is 8.75. The van der Waals surface area contributed by atoms with Gasteiger partial charge in [-0.25, -0.2) is 13.6 Å². The van der Waals surface area contributed by atoms with Crippen LogP contribution >= 0.6 is 0 Å². The van der Waals surface area contributed by atoms with Crippen LogP contribution in [0.5, 0.6) is 0 Å². The van der Waals surface area contributed by atoms with Crippen molar-refractivity contribution in [2.24, 2.45) is 11.7 Å². The molecule has 1 aliphatic rings. The van der Waals surface area contributed by atoms with E-state index in [1.54, 1.807) is 4.90 Å². The third kappa shape index (κ3) is 2.90. The summed E-state index contributed by atoms with van der Waals surface area (Å²) in [6.45, 7) is 1.90. The van der Waals surface area contributed by atoms with E-state index in [1.165, 1.54) is 6.07 Å². The number of halogens is 2. The molecule has 1 aromatic rings. The molecule has 1 saturated heterocycles. The first kappa shape index (κ1) is 14.7. The first-order valence-corrected chi connectivity index (χ1v) is 6.71. The third-order valence-electron chi connectivity index (χ3n) is 3.82. The van der Waals surface area contributed by atoms with Crippen molar-refractivity contribution in [1.82, 2.24) is 0 Å². The fourth-order valence-corrected chi connectivity index (χ4v) is 2.65. The first-order chi connectivity index (χ1) is 9.54. The van der Waals surface area contributed by atoms with Gasteiger partial charge in [-0.15, -0.1) is 0 Å². The van der Waals surface area contributed by atoms with Gasteiger partial charge in [-0.1, -0.05) is 0 Å². The van der Waals surface area contributed by atoms with Gasteiger partial charge in [0.05, 0.1) is 11.3 Å². The van der Waals surface area contributed by atoms with Crippen molar-refractivity contribution in [3.63, 3.8) is 0 Å². The lowest BCUT2D eigenvalue weighted by Gasteiger charge is -2.33. The number of piperidine rings is 1. The van der Waals surface area contributed by atoms with Crippen LogP contribution in [0.1, 0.15) is 29.6 Å². The Bertz CT molecular complexity index is 500. The number of nitrogens with zero attached hydrogens (tertiary/aromatic N) is 1. The molecule has 6 heteroatoms. The van der Waals surface area contributed by atoms with Gasteiger partial charge in [-0.05, 0) is 43.9 Å². The van der Waals surface area contributed by atoms with Gasteiger partial charge in [0.1, 0.15) is 0 Å². The zero-order valence-corrected chi connectivity index (χ0v) is 11.1. The molecule has 1 heterocycles. The highest BCUT2D eigenvalue weighted by Crippen LogP contribution is 2.29. The predicted octanol–water partition coefficient (Wildman–Crippen LogP) is 2.23. The van der Waals surface area contributed by atoms with Gasteiger partial charge in [0.2, 0.25) is 0 Å². The van der Waals surface area contributed by atoms with Crippen molar-refractivity contribution in [2.45, 2.75) is 19.3 Å². The number of hydrogen-bond donors (Lipinski definition) is 2. The van der Waals surface area contributed by atoms with Crippen molar-refractivity contribution < 1.29 is 18.7 Å². The Labute approximate surface area is 116 Å². The smallest absolute Gasteiger partial charge is 0.338 e. The van der Waals surface area contributed by atoms with Crippen LogP contribution in [0.25, 0.3) is 0 Å². The fraction of sp³-hybridized carbons (Fsp3) is 0.500. The molecule has 2 rings (SSSR count). The second-order valence-electron chi connectivity index (χ2n) is 5.07. The van der Waals surface area contributed by atoms with E-state index in [4.69, 9.17) is 10.8 Å². The molecule has 1 aromatic carbocycles. The monoisotopic (exact) mass is 284 g/mol. The highest BCUT2D eigenvalue weighted by molar-refractivity contribution is 5.88. The van der Waals surface area contributed by atoms with Crippen LogP contribution in [0.4, 0.5) is 14.5 Å². The number of aromatic carboxylic acids is 1. The molecule has 4 nitrogen and oxygen atoms in total. The Kier molecular flexibility index (Phi) is 4.54. The first-order valence-electron chi connectivity index (χ1n) is 6.71. The van der Waals surface area contributed by atoms with Crippen LogP contribution in [0.3, 0.4) is 0 Å². The van der Waals surface area contributed by atoms with Crippen LogP contribution in [-0.4, -0.2) is 30.7 Å². The molecule has 0 saturated carbocycles. The van der Waals surface area contributed by atoms with Gasteiger partial charge in [0.15, 0.2) is 11.6 Å². The van der Waals surface area contributed by atoms with Crippen LogP contribution in [0.15, 0.2) is 12.1 Å². The molecule has 0 aromatic heterocycles. The van der Waals surface area contributed by atoms with Crippen molar-refractivity contribution in [1.29, 1.82) is 0 Å². The molecule has 1 fully saturated rings. The van der Waals surface area contributed by atoms with E-state index in [9.17, 15) is 13.6 Å². The average Bonchev–Trinajstić information content (AvgIpc) is 2.43. The van der Waals surface area contributed by atoms with E-state index < -0.39 is 23.2 Å². The third-order valence-corrected chi connectivity index (χ3v) is 3.82. The predicted molar refractivity (Wildman–Crippen MR) is 71.9 cm³/mol. The minimum absolute atomic E-state index is 0.138. The number of nitrogens with two attached hydrogens (primary N) is 1.